The highest BCUT2D eigenvalue weighted by Gasteiger charge is 2.14. The first kappa shape index (κ1) is 14.8. The predicted octanol–water partition coefficient (Wildman–Crippen LogP) is 3.16. The average Bonchev–Trinajstić information content (AvgIpc) is 2.46. The zero-order valence-electron chi connectivity index (χ0n) is 11.6. The van der Waals surface area contributed by atoms with Crippen LogP contribution in [0.4, 0.5) is 10.1 Å². The third-order valence-corrected chi connectivity index (χ3v) is 2.78. The number of nitrogen functional groups attached to an aromatic ring is 1. The van der Waals surface area contributed by atoms with Gasteiger partial charge in [-0.05, 0) is 42.8 Å². The molecule has 0 bridgehead atoms. The molecule has 0 amide bonds. The first-order valence-corrected chi connectivity index (χ1v) is 6.54. The summed E-state index contributed by atoms with van der Waals surface area (Å²) in [6, 6.07) is 10.8. The average molecular weight is 289 g/mol. The van der Waals surface area contributed by atoms with Gasteiger partial charge in [-0.1, -0.05) is 12.1 Å². The van der Waals surface area contributed by atoms with Crippen molar-refractivity contribution in [2.45, 2.75) is 13.5 Å². The van der Waals surface area contributed by atoms with Crippen LogP contribution in [0.25, 0.3) is 0 Å². The van der Waals surface area contributed by atoms with Crippen molar-refractivity contribution in [3.63, 3.8) is 0 Å². The number of nitrogens with two attached hydrogens (primary N) is 1. The summed E-state index contributed by atoms with van der Waals surface area (Å²) < 4.78 is 23.6. The van der Waals surface area contributed by atoms with Gasteiger partial charge < -0.3 is 15.2 Å². The predicted molar refractivity (Wildman–Crippen MR) is 77.5 cm³/mol. The Morgan fingerprint density at radius 3 is 2.76 bits per heavy atom. The second-order valence-electron chi connectivity index (χ2n) is 4.39. The SMILES string of the molecule is CCOC(=O)c1cc(N)ccc1OCc1cccc(F)c1. The first-order chi connectivity index (χ1) is 10.1. The van der Waals surface area contributed by atoms with E-state index in [1.54, 1.807) is 31.2 Å². The number of anilines is 1. The monoisotopic (exact) mass is 289 g/mol. The van der Waals surface area contributed by atoms with Crippen LogP contribution in [0.5, 0.6) is 5.75 Å². The van der Waals surface area contributed by atoms with Crippen LogP contribution in [0.15, 0.2) is 42.5 Å². The Bertz CT molecular complexity index is 643. The van der Waals surface area contributed by atoms with Gasteiger partial charge in [-0.3, -0.25) is 0 Å². The number of rotatable bonds is 5. The second-order valence-corrected chi connectivity index (χ2v) is 4.39. The molecule has 2 aromatic rings. The van der Waals surface area contributed by atoms with Gasteiger partial charge in [-0.15, -0.1) is 0 Å². The molecule has 4 nitrogen and oxygen atoms in total. The number of esters is 1. The smallest absolute Gasteiger partial charge is 0.341 e. The van der Waals surface area contributed by atoms with Crippen LogP contribution < -0.4 is 10.5 Å². The van der Waals surface area contributed by atoms with Crippen LogP contribution >= 0.6 is 0 Å². The van der Waals surface area contributed by atoms with E-state index in [-0.39, 0.29) is 24.6 Å². The van der Waals surface area contributed by atoms with Gasteiger partial charge in [-0.25, -0.2) is 9.18 Å². The van der Waals surface area contributed by atoms with E-state index < -0.39 is 5.97 Å². The van der Waals surface area contributed by atoms with Gasteiger partial charge in [0.2, 0.25) is 0 Å². The maximum atomic E-state index is 13.1. The topological polar surface area (TPSA) is 61.5 Å². The Morgan fingerprint density at radius 2 is 2.05 bits per heavy atom. The molecule has 0 aliphatic carbocycles. The number of hydrogen-bond acceptors (Lipinski definition) is 4. The molecular formula is C16H16FNO3. The summed E-state index contributed by atoms with van der Waals surface area (Å²) in [4.78, 5) is 11.9. The third-order valence-electron chi connectivity index (χ3n) is 2.78. The van der Waals surface area contributed by atoms with Crippen LogP contribution in [0.3, 0.4) is 0 Å². The quantitative estimate of drug-likeness (QED) is 0.678. The minimum absolute atomic E-state index is 0.147. The van der Waals surface area contributed by atoms with Crippen molar-refractivity contribution in [3.8, 4) is 5.75 Å². The van der Waals surface area contributed by atoms with E-state index in [0.29, 0.717) is 17.0 Å². The van der Waals surface area contributed by atoms with E-state index in [2.05, 4.69) is 0 Å². The van der Waals surface area contributed by atoms with Gasteiger partial charge in [0.15, 0.2) is 0 Å². The van der Waals surface area contributed by atoms with E-state index in [0.717, 1.165) is 0 Å². The zero-order valence-corrected chi connectivity index (χ0v) is 11.6. The van der Waals surface area contributed by atoms with Crippen molar-refractivity contribution in [1.29, 1.82) is 0 Å². The highest BCUT2D eigenvalue weighted by Crippen LogP contribution is 2.23. The van der Waals surface area contributed by atoms with Gasteiger partial charge in [0.05, 0.1) is 6.61 Å². The van der Waals surface area contributed by atoms with E-state index in [4.69, 9.17) is 15.2 Å². The lowest BCUT2D eigenvalue weighted by molar-refractivity contribution is 0.0521. The molecule has 0 spiro atoms. The molecule has 2 N–H and O–H groups in total. The standard InChI is InChI=1S/C16H16FNO3/c1-2-20-16(19)14-9-13(18)6-7-15(14)21-10-11-4-3-5-12(17)8-11/h3-9H,2,10,18H2,1H3. The van der Waals surface area contributed by atoms with Crippen LogP contribution in [0.2, 0.25) is 0 Å². The Labute approximate surface area is 122 Å². The number of benzene rings is 2. The molecule has 21 heavy (non-hydrogen) atoms. The largest absolute Gasteiger partial charge is 0.488 e. The third kappa shape index (κ3) is 3.95. The van der Waals surface area contributed by atoms with Gasteiger partial charge in [0.1, 0.15) is 23.7 Å². The fourth-order valence-electron chi connectivity index (χ4n) is 1.83. The number of ether oxygens (including phenoxy) is 2. The van der Waals surface area contributed by atoms with Crippen molar-refractivity contribution in [3.05, 3.63) is 59.4 Å². The molecule has 0 radical (unpaired) electrons. The van der Waals surface area contributed by atoms with Gasteiger partial charge in [-0.2, -0.15) is 0 Å². The Kier molecular flexibility index (Phi) is 4.77. The molecule has 0 aliphatic rings. The molecule has 0 heterocycles. The van der Waals surface area contributed by atoms with Crippen LogP contribution in [-0.2, 0) is 11.3 Å². The van der Waals surface area contributed by atoms with Crippen LogP contribution in [0, 0.1) is 5.82 Å². The summed E-state index contributed by atoms with van der Waals surface area (Å²) in [7, 11) is 0. The molecule has 0 aliphatic heterocycles. The van der Waals surface area contributed by atoms with Gasteiger partial charge in [0, 0.05) is 5.69 Å². The molecule has 110 valence electrons. The fraction of sp³-hybridized carbons (Fsp3) is 0.188. The zero-order chi connectivity index (χ0) is 15.2. The Hall–Kier alpha value is -2.56. The summed E-state index contributed by atoms with van der Waals surface area (Å²) in [5, 5.41) is 0. The first-order valence-electron chi connectivity index (χ1n) is 6.54. The maximum absolute atomic E-state index is 13.1. The van der Waals surface area contributed by atoms with Gasteiger partial charge >= 0.3 is 5.97 Å². The molecule has 0 aromatic heterocycles. The fourth-order valence-corrected chi connectivity index (χ4v) is 1.83. The summed E-state index contributed by atoms with van der Waals surface area (Å²) in [6.07, 6.45) is 0. The highest BCUT2D eigenvalue weighted by molar-refractivity contribution is 5.93. The van der Waals surface area contributed by atoms with E-state index in [1.165, 1.54) is 18.2 Å². The molecule has 5 heteroatoms. The number of halogens is 1. The highest BCUT2D eigenvalue weighted by atomic mass is 19.1. The molecule has 0 fully saturated rings. The van der Waals surface area contributed by atoms with E-state index in [9.17, 15) is 9.18 Å². The lowest BCUT2D eigenvalue weighted by Crippen LogP contribution is -2.08. The van der Waals surface area contributed by atoms with Crippen molar-refractivity contribution < 1.29 is 18.7 Å². The van der Waals surface area contributed by atoms with E-state index >= 15 is 0 Å². The molecule has 0 unspecified atom stereocenters. The lowest BCUT2D eigenvalue weighted by atomic mass is 10.1. The van der Waals surface area contributed by atoms with Crippen molar-refractivity contribution in [2.24, 2.45) is 0 Å². The van der Waals surface area contributed by atoms with E-state index in [1.807, 2.05) is 0 Å². The van der Waals surface area contributed by atoms with Crippen molar-refractivity contribution in [1.82, 2.24) is 0 Å². The minimum Gasteiger partial charge on any atom is -0.488 e. The molecule has 2 aromatic carbocycles. The minimum atomic E-state index is -0.501. The van der Waals surface area contributed by atoms with Crippen molar-refractivity contribution >= 4 is 11.7 Å². The molecule has 0 saturated heterocycles. The van der Waals surface area contributed by atoms with Gasteiger partial charge in [0.25, 0.3) is 0 Å². The van der Waals surface area contributed by atoms with Crippen molar-refractivity contribution in [2.75, 3.05) is 12.3 Å². The molecule has 0 saturated carbocycles. The summed E-state index contributed by atoms with van der Waals surface area (Å²) in [6.45, 7) is 2.13. The summed E-state index contributed by atoms with van der Waals surface area (Å²) >= 11 is 0. The van der Waals surface area contributed by atoms with Crippen LogP contribution in [-0.4, -0.2) is 12.6 Å². The normalized spacial score (nSPS) is 10.2. The maximum Gasteiger partial charge on any atom is 0.341 e. The summed E-state index contributed by atoms with van der Waals surface area (Å²) in [5.74, 6) is -0.482. The molecule has 2 rings (SSSR count). The number of carbonyl (C=O) groups is 1. The molecule has 0 atom stereocenters. The summed E-state index contributed by atoms with van der Waals surface area (Å²) in [5.41, 5.74) is 7.04. The number of hydrogen-bond donors (Lipinski definition) is 1. The lowest BCUT2D eigenvalue weighted by Gasteiger charge is -2.11. The molecular weight excluding hydrogens is 273 g/mol. The second kappa shape index (κ2) is 6.74. The number of carbonyl (C=O) groups excluding carboxylic acids is 1. The Morgan fingerprint density at radius 1 is 1.24 bits per heavy atom. The Balaban J connectivity index is 2.17. The van der Waals surface area contributed by atoms with Crippen LogP contribution in [0.1, 0.15) is 22.8 Å².